The maximum atomic E-state index is 5.24. The zero-order valence-corrected chi connectivity index (χ0v) is 14.2. The third-order valence-corrected chi connectivity index (χ3v) is 4.95. The number of hydrogen-bond acceptors (Lipinski definition) is 4. The van der Waals surface area contributed by atoms with E-state index in [1.165, 1.54) is 16.5 Å². The number of benzene rings is 1. The quantitative estimate of drug-likeness (QED) is 0.800. The van der Waals surface area contributed by atoms with E-state index in [0.29, 0.717) is 12.6 Å². The summed E-state index contributed by atoms with van der Waals surface area (Å²) in [5.74, 6) is 1.99. The number of H-pyrrole nitrogens is 1. The summed E-state index contributed by atoms with van der Waals surface area (Å²) in [5.41, 5.74) is 2.57. The Labute approximate surface area is 141 Å². The predicted molar refractivity (Wildman–Crippen MR) is 92.6 cm³/mol. The highest BCUT2D eigenvalue weighted by Gasteiger charge is 2.24. The molecule has 0 saturated carbocycles. The van der Waals surface area contributed by atoms with Crippen LogP contribution in [0, 0.1) is 0 Å². The van der Waals surface area contributed by atoms with Crippen molar-refractivity contribution in [3.05, 3.63) is 47.7 Å². The second-order valence-corrected chi connectivity index (χ2v) is 6.50. The average molecular weight is 325 g/mol. The Morgan fingerprint density at radius 3 is 3.04 bits per heavy atom. The van der Waals surface area contributed by atoms with Crippen molar-refractivity contribution < 1.29 is 4.74 Å². The van der Waals surface area contributed by atoms with Gasteiger partial charge in [-0.25, -0.2) is 0 Å². The Kier molecular flexibility index (Phi) is 4.08. The molecule has 4 rings (SSSR count). The molecule has 1 atom stereocenters. The highest BCUT2D eigenvalue weighted by molar-refractivity contribution is 5.82. The molecule has 126 valence electrons. The summed E-state index contributed by atoms with van der Waals surface area (Å²) in [6, 6.07) is 9.08. The van der Waals surface area contributed by atoms with Crippen LogP contribution >= 0.6 is 0 Å². The third kappa shape index (κ3) is 2.72. The first-order valence-corrected chi connectivity index (χ1v) is 8.45. The van der Waals surface area contributed by atoms with Gasteiger partial charge < -0.3 is 14.3 Å². The smallest absolute Gasteiger partial charge is 0.159 e. The Balaban J connectivity index is 1.56. The van der Waals surface area contributed by atoms with E-state index in [0.717, 1.165) is 37.7 Å². The fraction of sp³-hybridized carbons (Fsp3) is 0.444. The van der Waals surface area contributed by atoms with Crippen LogP contribution in [0.1, 0.15) is 24.1 Å². The summed E-state index contributed by atoms with van der Waals surface area (Å²) in [7, 11) is 1.70. The zero-order valence-electron chi connectivity index (χ0n) is 14.2. The highest BCUT2D eigenvalue weighted by Crippen LogP contribution is 2.22. The number of fused-ring (bicyclic) bond motifs is 2. The number of ether oxygens (including phenoxy) is 1. The SMILES string of the molecule is COCc1nnc2n1CCN(Cc1cccc3[nH]ccc13)[C@H](C)C2. The molecule has 0 saturated heterocycles. The zero-order chi connectivity index (χ0) is 16.5. The summed E-state index contributed by atoms with van der Waals surface area (Å²) < 4.78 is 7.46. The second-order valence-electron chi connectivity index (χ2n) is 6.50. The van der Waals surface area contributed by atoms with Gasteiger partial charge in [-0.1, -0.05) is 12.1 Å². The van der Waals surface area contributed by atoms with Gasteiger partial charge in [-0.15, -0.1) is 10.2 Å². The number of aromatic amines is 1. The molecule has 0 radical (unpaired) electrons. The molecule has 2 aromatic heterocycles. The highest BCUT2D eigenvalue weighted by atomic mass is 16.5. The molecule has 6 nitrogen and oxygen atoms in total. The Hall–Kier alpha value is -2.18. The van der Waals surface area contributed by atoms with E-state index in [4.69, 9.17) is 4.74 Å². The summed E-state index contributed by atoms with van der Waals surface area (Å²) in [6.07, 6.45) is 2.93. The van der Waals surface area contributed by atoms with Crippen molar-refractivity contribution in [2.45, 2.75) is 39.1 Å². The molecule has 1 N–H and O–H groups in total. The van der Waals surface area contributed by atoms with Crippen LogP contribution in [0.15, 0.2) is 30.5 Å². The molecular weight excluding hydrogens is 302 g/mol. The largest absolute Gasteiger partial charge is 0.377 e. The van der Waals surface area contributed by atoms with Crippen molar-refractivity contribution in [2.24, 2.45) is 0 Å². The molecular formula is C18H23N5O. The van der Waals surface area contributed by atoms with Gasteiger partial charge in [-0.2, -0.15) is 0 Å². The molecule has 0 spiro atoms. The summed E-state index contributed by atoms with van der Waals surface area (Å²) in [4.78, 5) is 5.83. The average Bonchev–Trinajstić information content (AvgIpc) is 3.16. The second kappa shape index (κ2) is 6.37. The summed E-state index contributed by atoms with van der Waals surface area (Å²) >= 11 is 0. The first-order chi connectivity index (χ1) is 11.8. The molecule has 6 heteroatoms. The maximum absolute atomic E-state index is 5.24. The predicted octanol–water partition coefficient (Wildman–Crippen LogP) is 2.35. The Bertz CT molecular complexity index is 837. The van der Waals surface area contributed by atoms with Crippen LogP contribution in [0.5, 0.6) is 0 Å². The van der Waals surface area contributed by atoms with Crippen LogP contribution in [-0.4, -0.2) is 44.3 Å². The van der Waals surface area contributed by atoms with Crippen LogP contribution in [0.25, 0.3) is 10.9 Å². The number of aromatic nitrogens is 4. The van der Waals surface area contributed by atoms with Gasteiger partial charge in [0.1, 0.15) is 12.4 Å². The van der Waals surface area contributed by atoms with Crippen molar-refractivity contribution in [2.75, 3.05) is 13.7 Å². The van der Waals surface area contributed by atoms with E-state index in [1.807, 2.05) is 6.20 Å². The van der Waals surface area contributed by atoms with Gasteiger partial charge in [-0.05, 0) is 24.6 Å². The molecule has 3 aromatic rings. The summed E-state index contributed by atoms with van der Waals surface area (Å²) in [5, 5.41) is 9.96. The normalized spacial score (nSPS) is 18.7. The first-order valence-electron chi connectivity index (χ1n) is 8.45. The van der Waals surface area contributed by atoms with Crippen molar-refractivity contribution in [1.29, 1.82) is 0 Å². The topological polar surface area (TPSA) is 59.0 Å². The minimum absolute atomic E-state index is 0.431. The van der Waals surface area contributed by atoms with Gasteiger partial charge in [0.05, 0.1) is 0 Å². The molecule has 1 aliphatic rings. The number of nitrogens with one attached hydrogen (secondary N) is 1. The van der Waals surface area contributed by atoms with Crippen LogP contribution in [0.3, 0.4) is 0 Å². The molecule has 1 aromatic carbocycles. The van der Waals surface area contributed by atoms with Crippen molar-refractivity contribution in [1.82, 2.24) is 24.6 Å². The fourth-order valence-electron chi connectivity index (χ4n) is 3.60. The van der Waals surface area contributed by atoms with E-state index < -0.39 is 0 Å². The van der Waals surface area contributed by atoms with Crippen molar-refractivity contribution in [3.63, 3.8) is 0 Å². The lowest BCUT2D eigenvalue weighted by atomic mass is 10.1. The Morgan fingerprint density at radius 2 is 2.17 bits per heavy atom. The van der Waals surface area contributed by atoms with Crippen LogP contribution in [-0.2, 0) is 30.9 Å². The first kappa shape index (κ1) is 15.4. The molecule has 0 aliphatic carbocycles. The standard InChI is InChI=1S/C18H23N5O/c1-13-10-17-20-21-18(12-24-2)23(17)9-8-22(13)11-14-4-3-5-16-15(14)6-7-19-16/h3-7,13,19H,8-12H2,1-2H3/t13-/m1/s1. The van der Waals surface area contributed by atoms with Gasteiger partial charge in [0.15, 0.2) is 5.82 Å². The van der Waals surface area contributed by atoms with E-state index in [2.05, 4.69) is 55.8 Å². The van der Waals surface area contributed by atoms with Crippen molar-refractivity contribution in [3.8, 4) is 0 Å². The molecule has 3 heterocycles. The monoisotopic (exact) mass is 325 g/mol. The number of nitrogens with zero attached hydrogens (tertiary/aromatic N) is 4. The Morgan fingerprint density at radius 1 is 1.25 bits per heavy atom. The number of hydrogen-bond donors (Lipinski definition) is 1. The van der Waals surface area contributed by atoms with Crippen molar-refractivity contribution >= 4 is 10.9 Å². The van der Waals surface area contributed by atoms with Gasteiger partial charge in [0.25, 0.3) is 0 Å². The molecule has 0 amide bonds. The van der Waals surface area contributed by atoms with Gasteiger partial charge >= 0.3 is 0 Å². The van der Waals surface area contributed by atoms with Gasteiger partial charge in [0.2, 0.25) is 0 Å². The molecule has 1 aliphatic heterocycles. The molecule has 24 heavy (non-hydrogen) atoms. The third-order valence-electron chi connectivity index (χ3n) is 4.95. The maximum Gasteiger partial charge on any atom is 0.159 e. The number of methoxy groups -OCH3 is 1. The van der Waals surface area contributed by atoms with Crippen LogP contribution in [0.4, 0.5) is 0 Å². The van der Waals surface area contributed by atoms with E-state index in [1.54, 1.807) is 7.11 Å². The minimum Gasteiger partial charge on any atom is -0.377 e. The summed E-state index contributed by atoms with van der Waals surface area (Å²) in [6.45, 7) is 5.65. The van der Waals surface area contributed by atoms with Crippen LogP contribution in [0.2, 0.25) is 0 Å². The fourth-order valence-corrected chi connectivity index (χ4v) is 3.60. The number of rotatable bonds is 4. The lowest BCUT2D eigenvalue weighted by Crippen LogP contribution is -2.34. The van der Waals surface area contributed by atoms with Gasteiger partial charge in [-0.3, -0.25) is 4.90 Å². The van der Waals surface area contributed by atoms with Crippen LogP contribution < -0.4 is 0 Å². The van der Waals surface area contributed by atoms with E-state index >= 15 is 0 Å². The lowest BCUT2D eigenvalue weighted by Gasteiger charge is -2.26. The minimum atomic E-state index is 0.431. The van der Waals surface area contributed by atoms with E-state index in [9.17, 15) is 0 Å². The lowest BCUT2D eigenvalue weighted by molar-refractivity contribution is 0.171. The molecule has 0 bridgehead atoms. The van der Waals surface area contributed by atoms with Gasteiger partial charge in [0, 0.05) is 56.3 Å². The van der Waals surface area contributed by atoms with E-state index in [-0.39, 0.29) is 0 Å². The molecule has 0 unspecified atom stereocenters. The molecule has 0 fully saturated rings.